The molecule has 0 saturated carbocycles. The van der Waals surface area contributed by atoms with Crippen molar-refractivity contribution in [2.75, 3.05) is 32.2 Å². The Hall–Kier alpha value is -4.46. The molecule has 2 aliphatic heterocycles. The Balaban J connectivity index is 1.62. The monoisotopic (exact) mass is 528 g/mol. The number of likely N-dealkylation sites (N-methyl/N-ethyl adjacent to an activating group) is 1. The van der Waals surface area contributed by atoms with Crippen molar-refractivity contribution in [3.05, 3.63) is 89.0 Å². The summed E-state index contributed by atoms with van der Waals surface area (Å²) in [4.78, 5) is 30.5. The molecule has 1 atom stereocenters. The largest absolute Gasteiger partial charge is 0.507 e. The van der Waals surface area contributed by atoms with Gasteiger partial charge in [-0.15, -0.1) is 0 Å². The maximum atomic E-state index is 13.5. The molecule has 8 nitrogen and oxygen atoms in total. The molecule has 39 heavy (non-hydrogen) atoms. The number of ketones is 1. The molecule has 3 aromatic carbocycles. The maximum absolute atomic E-state index is 13.5. The van der Waals surface area contributed by atoms with Crippen LogP contribution in [0, 0.1) is 0 Å². The minimum Gasteiger partial charge on any atom is -0.507 e. The second kappa shape index (κ2) is 10.7. The number of rotatable bonds is 7. The molecule has 1 amide bonds. The fourth-order valence-electron chi connectivity index (χ4n) is 5.00. The van der Waals surface area contributed by atoms with Crippen molar-refractivity contribution < 1.29 is 28.9 Å². The number of methoxy groups -OCH3 is 1. The lowest BCUT2D eigenvalue weighted by Gasteiger charge is -2.28. The third kappa shape index (κ3) is 5.14. The third-order valence-electron chi connectivity index (χ3n) is 6.93. The number of hydrogen-bond donors (Lipinski definition) is 1. The molecule has 0 spiro atoms. The molecule has 0 radical (unpaired) electrons. The number of fused-ring (bicyclic) bond motifs is 1. The van der Waals surface area contributed by atoms with Crippen LogP contribution in [0.3, 0.4) is 0 Å². The lowest BCUT2D eigenvalue weighted by atomic mass is 9.94. The van der Waals surface area contributed by atoms with Crippen LogP contribution in [0.4, 0.5) is 5.69 Å². The van der Waals surface area contributed by atoms with E-state index < -0.39 is 17.7 Å². The number of Topliss-reactive ketones (excluding diaryl/α,β-unsaturated/α-hetero) is 1. The van der Waals surface area contributed by atoms with E-state index in [0.717, 1.165) is 11.3 Å². The molecular formula is C31H32N2O6. The van der Waals surface area contributed by atoms with Gasteiger partial charge in [-0.05, 0) is 67.4 Å². The summed E-state index contributed by atoms with van der Waals surface area (Å²) in [6.45, 7) is 5.30. The van der Waals surface area contributed by atoms with E-state index in [9.17, 15) is 14.7 Å². The second-order valence-electron chi connectivity index (χ2n) is 9.97. The first-order valence-electron chi connectivity index (χ1n) is 12.9. The summed E-state index contributed by atoms with van der Waals surface area (Å²) in [6.07, 6.45) is -0.0550. The van der Waals surface area contributed by atoms with Crippen LogP contribution in [0.15, 0.2) is 72.3 Å². The summed E-state index contributed by atoms with van der Waals surface area (Å²) in [5.41, 5.74) is 2.77. The molecule has 1 saturated heterocycles. The third-order valence-corrected chi connectivity index (χ3v) is 6.93. The standard InChI is InChI=1S/C31H32N2O6/c1-19(2)39-24-7-5-6-21(16-24)28-27(29(34)22-10-13-26-25(17-22)32(3)14-15-38-26)30(35)31(36)33(28)18-20-8-11-23(37-4)12-9-20/h5-13,16-17,19,28,34H,14-15,18H2,1-4H3/b29-27-. The maximum Gasteiger partial charge on any atom is 0.295 e. The van der Waals surface area contributed by atoms with Gasteiger partial charge in [0.05, 0.1) is 37.1 Å². The molecule has 3 aromatic rings. The van der Waals surface area contributed by atoms with Gasteiger partial charge in [0.25, 0.3) is 11.7 Å². The number of amides is 1. The predicted octanol–water partition coefficient (Wildman–Crippen LogP) is 4.93. The highest BCUT2D eigenvalue weighted by Crippen LogP contribution is 2.42. The van der Waals surface area contributed by atoms with Gasteiger partial charge in [-0.2, -0.15) is 0 Å². The highest BCUT2D eigenvalue weighted by molar-refractivity contribution is 6.46. The molecule has 1 unspecified atom stereocenters. The number of benzene rings is 3. The Morgan fingerprint density at radius 1 is 1.05 bits per heavy atom. The van der Waals surface area contributed by atoms with Gasteiger partial charge in [-0.3, -0.25) is 9.59 Å². The molecular weight excluding hydrogens is 496 g/mol. The van der Waals surface area contributed by atoms with Crippen LogP contribution in [-0.4, -0.2) is 55.1 Å². The molecule has 0 aromatic heterocycles. The smallest absolute Gasteiger partial charge is 0.295 e. The number of anilines is 1. The quantitative estimate of drug-likeness (QED) is 0.264. The molecule has 8 heteroatoms. The number of ether oxygens (including phenoxy) is 3. The first-order chi connectivity index (χ1) is 18.8. The van der Waals surface area contributed by atoms with Crippen molar-refractivity contribution >= 4 is 23.1 Å². The zero-order valence-corrected chi connectivity index (χ0v) is 22.5. The van der Waals surface area contributed by atoms with Gasteiger partial charge < -0.3 is 29.1 Å². The number of likely N-dealkylation sites (tertiary alicyclic amines) is 1. The molecule has 202 valence electrons. The summed E-state index contributed by atoms with van der Waals surface area (Å²) in [7, 11) is 3.53. The number of aliphatic hydroxyl groups is 1. The van der Waals surface area contributed by atoms with Gasteiger partial charge in [-0.25, -0.2) is 0 Å². The van der Waals surface area contributed by atoms with Crippen molar-refractivity contribution in [1.29, 1.82) is 0 Å². The number of carbonyl (C=O) groups is 2. The summed E-state index contributed by atoms with van der Waals surface area (Å²) in [6, 6.07) is 19.1. The Bertz CT molecular complexity index is 1430. The van der Waals surface area contributed by atoms with Gasteiger partial charge in [0, 0.05) is 19.2 Å². The van der Waals surface area contributed by atoms with Crippen LogP contribution in [0.5, 0.6) is 17.2 Å². The summed E-state index contributed by atoms with van der Waals surface area (Å²) < 4.78 is 16.9. The van der Waals surface area contributed by atoms with E-state index in [1.165, 1.54) is 4.90 Å². The van der Waals surface area contributed by atoms with E-state index in [1.807, 2.05) is 74.3 Å². The average molecular weight is 529 g/mol. The Labute approximate surface area is 228 Å². The van der Waals surface area contributed by atoms with E-state index in [-0.39, 0.29) is 24.0 Å². The highest BCUT2D eigenvalue weighted by Gasteiger charge is 2.46. The zero-order valence-electron chi connectivity index (χ0n) is 22.5. The van der Waals surface area contributed by atoms with E-state index in [0.29, 0.717) is 41.5 Å². The Kier molecular flexibility index (Phi) is 7.19. The molecule has 0 bridgehead atoms. The highest BCUT2D eigenvalue weighted by atomic mass is 16.5. The number of nitrogens with zero attached hydrogens (tertiary/aromatic N) is 2. The van der Waals surface area contributed by atoms with Crippen LogP contribution >= 0.6 is 0 Å². The van der Waals surface area contributed by atoms with Crippen molar-refractivity contribution in [2.45, 2.75) is 32.5 Å². The molecule has 1 N–H and O–H groups in total. The molecule has 0 aliphatic carbocycles. The van der Waals surface area contributed by atoms with Gasteiger partial charge >= 0.3 is 0 Å². The number of hydrogen-bond acceptors (Lipinski definition) is 7. The van der Waals surface area contributed by atoms with E-state index in [4.69, 9.17) is 14.2 Å². The summed E-state index contributed by atoms with van der Waals surface area (Å²) >= 11 is 0. The summed E-state index contributed by atoms with van der Waals surface area (Å²) in [5, 5.41) is 11.6. The van der Waals surface area contributed by atoms with E-state index in [1.54, 1.807) is 25.3 Å². The Morgan fingerprint density at radius 3 is 2.54 bits per heavy atom. The van der Waals surface area contributed by atoms with Crippen molar-refractivity contribution in [1.82, 2.24) is 4.90 Å². The zero-order chi connectivity index (χ0) is 27.7. The van der Waals surface area contributed by atoms with Crippen LogP contribution in [0.25, 0.3) is 5.76 Å². The van der Waals surface area contributed by atoms with Crippen molar-refractivity contribution in [3.8, 4) is 17.2 Å². The van der Waals surface area contributed by atoms with Gasteiger partial charge in [0.15, 0.2) is 0 Å². The molecule has 1 fully saturated rings. The van der Waals surface area contributed by atoms with Gasteiger partial charge in [0.2, 0.25) is 0 Å². The van der Waals surface area contributed by atoms with Gasteiger partial charge in [0.1, 0.15) is 29.6 Å². The molecule has 2 aliphatic rings. The SMILES string of the molecule is COc1ccc(CN2C(=O)C(=O)/C(=C(\O)c3ccc4c(c3)N(C)CCO4)C2c2cccc(OC(C)C)c2)cc1. The normalized spacial score (nSPS) is 18.2. The van der Waals surface area contributed by atoms with Gasteiger partial charge in [-0.1, -0.05) is 24.3 Å². The first-order valence-corrected chi connectivity index (χ1v) is 12.9. The first kappa shape index (κ1) is 26.2. The average Bonchev–Trinajstić information content (AvgIpc) is 3.18. The molecule has 5 rings (SSSR count). The number of aliphatic hydroxyl groups excluding tert-OH is 1. The minimum atomic E-state index is -0.812. The van der Waals surface area contributed by atoms with Crippen molar-refractivity contribution in [3.63, 3.8) is 0 Å². The second-order valence-corrected chi connectivity index (χ2v) is 9.97. The minimum absolute atomic E-state index is 0.0366. The molecule has 2 heterocycles. The van der Waals surface area contributed by atoms with Crippen LogP contribution < -0.4 is 19.1 Å². The van der Waals surface area contributed by atoms with E-state index in [2.05, 4.69) is 0 Å². The topological polar surface area (TPSA) is 88.5 Å². The lowest BCUT2D eigenvalue weighted by Crippen LogP contribution is -2.29. The van der Waals surface area contributed by atoms with Crippen molar-refractivity contribution in [2.24, 2.45) is 0 Å². The lowest BCUT2D eigenvalue weighted by molar-refractivity contribution is -0.140. The van der Waals surface area contributed by atoms with Crippen LogP contribution in [-0.2, 0) is 16.1 Å². The fraction of sp³-hybridized carbons (Fsp3) is 0.290. The van der Waals surface area contributed by atoms with Crippen LogP contribution in [0.2, 0.25) is 0 Å². The van der Waals surface area contributed by atoms with E-state index >= 15 is 0 Å². The fourth-order valence-corrected chi connectivity index (χ4v) is 5.00. The predicted molar refractivity (Wildman–Crippen MR) is 148 cm³/mol. The summed E-state index contributed by atoms with van der Waals surface area (Å²) in [5.74, 6) is 0.375. The van der Waals surface area contributed by atoms with Crippen LogP contribution in [0.1, 0.15) is 36.6 Å². The number of carbonyl (C=O) groups excluding carboxylic acids is 2. The Morgan fingerprint density at radius 2 is 1.82 bits per heavy atom.